The van der Waals surface area contributed by atoms with Crippen LogP contribution in [-0.4, -0.2) is 36.8 Å². The second kappa shape index (κ2) is 5.98. The zero-order valence-corrected chi connectivity index (χ0v) is 12.9. The van der Waals surface area contributed by atoms with Crippen LogP contribution in [0, 0.1) is 10.1 Å². The van der Waals surface area contributed by atoms with Crippen LogP contribution in [0.5, 0.6) is 0 Å². The molecule has 0 aliphatic heterocycles. The maximum atomic E-state index is 12.7. The molecule has 0 unspecified atom stereocenters. The van der Waals surface area contributed by atoms with Crippen LogP contribution in [0.3, 0.4) is 0 Å². The first-order valence-corrected chi connectivity index (χ1v) is 8.40. The number of nitrogens with zero attached hydrogens (tertiary/aromatic N) is 2. The van der Waals surface area contributed by atoms with Gasteiger partial charge in [0.2, 0.25) is 10.0 Å². The highest BCUT2D eigenvalue weighted by Gasteiger charge is 2.40. The van der Waals surface area contributed by atoms with Crippen LogP contribution < -0.4 is 5.32 Å². The molecule has 1 aliphatic carbocycles. The minimum atomic E-state index is -3.85. The van der Waals surface area contributed by atoms with E-state index in [-0.39, 0.29) is 22.3 Å². The standard InChI is InChI=1S/C13H19N3O4S/c1-3-14-11-6-5-7-12(13(11)16(17)18)21(19,20)15(4-2)10-8-9-10/h5-7,10,14H,3-4,8-9H2,1-2H3. The lowest BCUT2D eigenvalue weighted by Crippen LogP contribution is -2.33. The van der Waals surface area contributed by atoms with E-state index in [4.69, 9.17) is 0 Å². The molecule has 1 aromatic carbocycles. The predicted molar refractivity (Wildman–Crippen MR) is 79.8 cm³/mol. The van der Waals surface area contributed by atoms with E-state index in [0.717, 1.165) is 12.8 Å². The van der Waals surface area contributed by atoms with Gasteiger partial charge in [0.25, 0.3) is 0 Å². The van der Waals surface area contributed by atoms with Gasteiger partial charge in [0.05, 0.1) is 4.92 Å². The Hall–Kier alpha value is -1.67. The summed E-state index contributed by atoms with van der Waals surface area (Å²) in [6.07, 6.45) is 1.63. The van der Waals surface area contributed by atoms with E-state index in [1.165, 1.54) is 22.5 Å². The molecule has 0 saturated heterocycles. The first-order valence-electron chi connectivity index (χ1n) is 6.96. The van der Waals surface area contributed by atoms with Crippen LogP contribution >= 0.6 is 0 Å². The Morgan fingerprint density at radius 2 is 2.05 bits per heavy atom. The summed E-state index contributed by atoms with van der Waals surface area (Å²) in [4.78, 5) is 10.5. The largest absolute Gasteiger partial charge is 0.380 e. The molecule has 8 heteroatoms. The molecule has 7 nitrogen and oxygen atoms in total. The summed E-state index contributed by atoms with van der Waals surface area (Å²) in [6, 6.07) is 4.33. The van der Waals surface area contributed by atoms with E-state index in [9.17, 15) is 18.5 Å². The molecule has 21 heavy (non-hydrogen) atoms. The summed E-state index contributed by atoms with van der Waals surface area (Å²) in [5.41, 5.74) is -0.145. The van der Waals surface area contributed by atoms with Gasteiger partial charge in [-0.15, -0.1) is 0 Å². The fraction of sp³-hybridized carbons (Fsp3) is 0.538. The highest BCUT2D eigenvalue weighted by atomic mass is 32.2. The Bertz CT molecular complexity index is 641. The van der Waals surface area contributed by atoms with Crippen LogP contribution in [0.1, 0.15) is 26.7 Å². The molecule has 0 spiro atoms. The van der Waals surface area contributed by atoms with Crippen molar-refractivity contribution in [2.24, 2.45) is 0 Å². The van der Waals surface area contributed by atoms with Gasteiger partial charge in [0.1, 0.15) is 5.69 Å². The molecule has 1 aliphatic rings. The summed E-state index contributed by atoms with van der Waals surface area (Å²) >= 11 is 0. The summed E-state index contributed by atoms with van der Waals surface area (Å²) < 4.78 is 26.8. The second-order valence-electron chi connectivity index (χ2n) is 4.88. The third kappa shape index (κ3) is 3.01. The summed E-state index contributed by atoms with van der Waals surface area (Å²) in [5, 5.41) is 14.2. The van der Waals surface area contributed by atoms with Gasteiger partial charge in [0.15, 0.2) is 4.90 Å². The van der Waals surface area contributed by atoms with Crippen molar-refractivity contribution in [3.63, 3.8) is 0 Å². The van der Waals surface area contributed by atoms with Crippen molar-refractivity contribution in [2.75, 3.05) is 18.4 Å². The molecule has 0 aromatic heterocycles. The van der Waals surface area contributed by atoms with E-state index < -0.39 is 14.9 Å². The number of hydrogen-bond donors (Lipinski definition) is 1. The van der Waals surface area contributed by atoms with Gasteiger partial charge in [-0.3, -0.25) is 10.1 Å². The van der Waals surface area contributed by atoms with Crippen molar-refractivity contribution < 1.29 is 13.3 Å². The minimum Gasteiger partial charge on any atom is -0.380 e. The Balaban J connectivity index is 2.56. The molecule has 0 amide bonds. The molecule has 0 atom stereocenters. The summed E-state index contributed by atoms with van der Waals surface area (Å²) in [5.74, 6) is 0. The lowest BCUT2D eigenvalue weighted by atomic mass is 10.2. The Morgan fingerprint density at radius 3 is 2.52 bits per heavy atom. The first-order chi connectivity index (χ1) is 9.93. The zero-order chi connectivity index (χ0) is 15.6. The predicted octanol–water partition coefficient (Wildman–Crippen LogP) is 2.20. The van der Waals surface area contributed by atoms with Gasteiger partial charge < -0.3 is 5.32 Å². The van der Waals surface area contributed by atoms with Crippen molar-refractivity contribution in [1.82, 2.24) is 4.31 Å². The molecule has 1 saturated carbocycles. The fourth-order valence-corrected chi connectivity index (χ4v) is 4.24. The lowest BCUT2D eigenvalue weighted by molar-refractivity contribution is -0.386. The molecule has 2 rings (SSSR count). The SMILES string of the molecule is CCNc1cccc(S(=O)(=O)N(CC)C2CC2)c1[N+](=O)[O-]. The van der Waals surface area contributed by atoms with Crippen LogP contribution in [0.25, 0.3) is 0 Å². The van der Waals surface area contributed by atoms with Crippen LogP contribution in [0.2, 0.25) is 0 Å². The number of para-hydroxylation sites is 1. The summed E-state index contributed by atoms with van der Waals surface area (Å²) in [6.45, 7) is 4.34. The average Bonchev–Trinajstić information content (AvgIpc) is 3.23. The molecule has 0 radical (unpaired) electrons. The van der Waals surface area contributed by atoms with Crippen molar-refractivity contribution >= 4 is 21.4 Å². The van der Waals surface area contributed by atoms with Crippen molar-refractivity contribution in [1.29, 1.82) is 0 Å². The highest BCUT2D eigenvalue weighted by molar-refractivity contribution is 7.89. The average molecular weight is 313 g/mol. The first kappa shape index (κ1) is 15.7. The number of hydrogen-bond acceptors (Lipinski definition) is 5. The third-order valence-corrected chi connectivity index (χ3v) is 5.46. The molecule has 116 valence electrons. The number of nitro groups is 1. The molecule has 0 bridgehead atoms. The number of benzene rings is 1. The highest BCUT2D eigenvalue weighted by Crippen LogP contribution is 2.37. The van der Waals surface area contributed by atoms with Gasteiger partial charge in [-0.2, -0.15) is 4.31 Å². The zero-order valence-electron chi connectivity index (χ0n) is 12.1. The normalized spacial score (nSPS) is 15.2. The van der Waals surface area contributed by atoms with E-state index in [1.807, 2.05) is 0 Å². The van der Waals surface area contributed by atoms with Gasteiger partial charge in [-0.25, -0.2) is 8.42 Å². The third-order valence-electron chi connectivity index (χ3n) is 3.40. The smallest absolute Gasteiger partial charge is 0.312 e. The Kier molecular flexibility index (Phi) is 4.48. The maximum Gasteiger partial charge on any atom is 0.312 e. The van der Waals surface area contributed by atoms with Gasteiger partial charge >= 0.3 is 5.69 Å². The Morgan fingerprint density at radius 1 is 1.38 bits per heavy atom. The summed E-state index contributed by atoms with van der Waals surface area (Å²) in [7, 11) is -3.85. The number of nitro benzene ring substituents is 1. The molecule has 0 heterocycles. The van der Waals surface area contributed by atoms with Crippen LogP contribution in [0.4, 0.5) is 11.4 Å². The van der Waals surface area contributed by atoms with Gasteiger partial charge in [-0.05, 0) is 31.9 Å². The molecule has 1 aromatic rings. The van der Waals surface area contributed by atoms with Crippen molar-refractivity contribution in [2.45, 2.75) is 37.6 Å². The number of rotatable bonds is 7. The molecule has 1 fully saturated rings. The second-order valence-corrected chi connectivity index (χ2v) is 6.74. The lowest BCUT2D eigenvalue weighted by Gasteiger charge is -2.20. The minimum absolute atomic E-state index is 0.0256. The maximum absolute atomic E-state index is 12.7. The Labute approximate surface area is 124 Å². The van der Waals surface area contributed by atoms with E-state index in [0.29, 0.717) is 13.1 Å². The molecule has 1 N–H and O–H groups in total. The van der Waals surface area contributed by atoms with Crippen molar-refractivity contribution in [3.05, 3.63) is 28.3 Å². The number of anilines is 1. The van der Waals surface area contributed by atoms with Crippen molar-refractivity contribution in [3.8, 4) is 0 Å². The van der Waals surface area contributed by atoms with E-state index >= 15 is 0 Å². The van der Waals surface area contributed by atoms with Crippen LogP contribution in [-0.2, 0) is 10.0 Å². The fourth-order valence-electron chi connectivity index (χ4n) is 2.37. The number of nitrogens with one attached hydrogen (secondary N) is 1. The topological polar surface area (TPSA) is 92.6 Å². The van der Waals surface area contributed by atoms with Gasteiger partial charge in [0, 0.05) is 19.1 Å². The quantitative estimate of drug-likeness (QED) is 0.615. The van der Waals surface area contributed by atoms with Crippen LogP contribution in [0.15, 0.2) is 23.1 Å². The number of sulfonamides is 1. The molecular formula is C13H19N3O4S. The van der Waals surface area contributed by atoms with E-state index in [1.54, 1.807) is 13.8 Å². The monoisotopic (exact) mass is 313 g/mol. The van der Waals surface area contributed by atoms with Gasteiger partial charge in [-0.1, -0.05) is 13.0 Å². The molecular weight excluding hydrogens is 294 g/mol. The van der Waals surface area contributed by atoms with E-state index in [2.05, 4.69) is 5.32 Å².